The molecule has 1 nitrogen and oxygen atoms in total. The van der Waals surface area contributed by atoms with Crippen molar-refractivity contribution in [3.05, 3.63) is 29.3 Å². The Morgan fingerprint density at radius 1 is 1.33 bits per heavy atom. The Bertz CT molecular complexity index is 224. The largest absolute Gasteiger partial charge is 0.364 e. The van der Waals surface area contributed by atoms with E-state index in [4.69, 9.17) is 11.6 Å². The molecule has 0 radical (unpaired) electrons. The van der Waals surface area contributed by atoms with Gasteiger partial charge in [0, 0.05) is 0 Å². The highest BCUT2D eigenvalue weighted by molar-refractivity contribution is 7.34. The van der Waals surface area contributed by atoms with Gasteiger partial charge in [0.25, 0.3) is 0 Å². The molecule has 0 bridgehead atoms. The standard InChI is InChI=1S/C6H4ClOP/c7-5-3-1-2-4-6(5)9-8/h1-4H/p+1. The van der Waals surface area contributed by atoms with Crippen molar-refractivity contribution in [1.29, 1.82) is 0 Å². The van der Waals surface area contributed by atoms with Crippen molar-refractivity contribution in [1.82, 2.24) is 0 Å². The lowest BCUT2D eigenvalue weighted by Gasteiger charge is -1.82. The van der Waals surface area contributed by atoms with Gasteiger partial charge in [-0.3, -0.25) is 0 Å². The minimum atomic E-state index is -0.453. The minimum Gasteiger partial charge on any atom is -0.0794 e. The van der Waals surface area contributed by atoms with Gasteiger partial charge in [0.1, 0.15) is 0 Å². The molecule has 0 saturated carbocycles. The maximum atomic E-state index is 10.3. The molecule has 0 heterocycles. The van der Waals surface area contributed by atoms with Crippen molar-refractivity contribution in [3.63, 3.8) is 0 Å². The van der Waals surface area contributed by atoms with E-state index in [9.17, 15) is 4.57 Å². The first kappa shape index (κ1) is 6.73. The Labute approximate surface area is 59.9 Å². The molecule has 0 aliphatic carbocycles. The molecule has 0 fully saturated rings. The number of halogens is 1. The van der Waals surface area contributed by atoms with Crippen molar-refractivity contribution < 1.29 is 4.57 Å². The van der Waals surface area contributed by atoms with Gasteiger partial charge in [-0.2, -0.15) is 0 Å². The summed E-state index contributed by atoms with van der Waals surface area (Å²) in [7, 11) is -0.453. The van der Waals surface area contributed by atoms with Crippen molar-refractivity contribution in [2.24, 2.45) is 0 Å². The van der Waals surface area contributed by atoms with Gasteiger partial charge in [0.15, 0.2) is 0 Å². The highest BCUT2D eigenvalue weighted by atomic mass is 35.5. The average Bonchev–Trinajstić information content (AvgIpc) is 1.89. The van der Waals surface area contributed by atoms with E-state index in [0.29, 0.717) is 10.3 Å². The molecule has 1 rings (SSSR count). The van der Waals surface area contributed by atoms with E-state index in [2.05, 4.69) is 0 Å². The summed E-state index contributed by atoms with van der Waals surface area (Å²) in [5.41, 5.74) is 0. The molecule has 0 aromatic heterocycles. The van der Waals surface area contributed by atoms with E-state index in [1.807, 2.05) is 12.1 Å². The molecule has 1 aromatic carbocycles. The molecule has 1 unspecified atom stereocenters. The number of rotatable bonds is 1. The summed E-state index contributed by atoms with van der Waals surface area (Å²) >= 11 is 5.63. The highest BCUT2D eigenvalue weighted by Gasteiger charge is 2.02. The molecular weight excluding hydrogens is 154 g/mol. The lowest BCUT2D eigenvalue weighted by Crippen LogP contribution is -1.89. The first-order valence-corrected chi connectivity index (χ1v) is 3.76. The molecule has 1 atom stereocenters. The van der Waals surface area contributed by atoms with Gasteiger partial charge in [0.05, 0.1) is 5.02 Å². The number of hydrogen-bond donors (Lipinski definition) is 0. The molecule has 0 aliphatic heterocycles. The van der Waals surface area contributed by atoms with E-state index in [-0.39, 0.29) is 0 Å². The fourth-order valence-corrected chi connectivity index (χ4v) is 1.14. The molecule has 46 valence electrons. The van der Waals surface area contributed by atoms with Gasteiger partial charge >= 0.3 is 8.46 Å². The first-order valence-electron chi connectivity index (χ1n) is 2.47. The second-order valence-electron chi connectivity index (χ2n) is 1.58. The molecule has 0 aliphatic rings. The maximum Gasteiger partial charge on any atom is 0.364 e. The van der Waals surface area contributed by atoms with E-state index in [1.165, 1.54) is 0 Å². The molecule has 0 saturated heterocycles. The van der Waals surface area contributed by atoms with Crippen LogP contribution in [0.3, 0.4) is 0 Å². The predicted octanol–water partition coefficient (Wildman–Crippen LogP) is 1.99. The topological polar surface area (TPSA) is 17.1 Å². The number of hydrogen-bond acceptors (Lipinski definition) is 1. The van der Waals surface area contributed by atoms with Gasteiger partial charge in [-0.15, -0.1) is 0 Å². The summed E-state index contributed by atoms with van der Waals surface area (Å²) in [4.78, 5) is 0. The first-order chi connectivity index (χ1) is 4.34. The quantitative estimate of drug-likeness (QED) is 0.573. The zero-order chi connectivity index (χ0) is 6.69. The van der Waals surface area contributed by atoms with Crippen LogP contribution in [0.2, 0.25) is 5.02 Å². The van der Waals surface area contributed by atoms with Crippen LogP contribution in [-0.4, -0.2) is 0 Å². The summed E-state index contributed by atoms with van der Waals surface area (Å²) in [5, 5.41) is 1.27. The Kier molecular flexibility index (Phi) is 2.21. The van der Waals surface area contributed by atoms with Crippen LogP contribution >= 0.6 is 20.1 Å². The Morgan fingerprint density at radius 2 is 2.00 bits per heavy atom. The predicted molar refractivity (Wildman–Crippen MR) is 40.1 cm³/mol. The zero-order valence-corrected chi connectivity index (χ0v) is 6.35. The maximum absolute atomic E-state index is 10.3. The van der Waals surface area contributed by atoms with E-state index in [1.54, 1.807) is 12.1 Å². The molecule has 0 N–H and O–H groups in total. The second kappa shape index (κ2) is 2.95. The fourth-order valence-electron chi connectivity index (χ4n) is 0.544. The second-order valence-corrected chi connectivity index (χ2v) is 2.73. The van der Waals surface area contributed by atoms with Crippen LogP contribution in [0.4, 0.5) is 0 Å². The third-order valence-corrected chi connectivity index (χ3v) is 2.13. The molecular formula is C6H5ClOP+. The monoisotopic (exact) mass is 159 g/mol. The van der Waals surface area contributed by atoms with Crippen molar-refractivity contribution in [2.75, 3.05) is 0 Å². The van der Waals surface area contributed by atoms with Crippen LogP contribution in [0.15, 0.2) is 24.3 Å². The van der Waals surface area contributed by atoms with Crippen LogP contribution in [-0.2, 0) is 4.57 Å². The highest BCUT2D eigenvalue weighted by Crippen LogP contribution is 2.08. The molecule has 9 heavy (non-hydrogen) atoms. The van der Waals surface area contributed by atoms with Crippen LogP contribution < -0.4 is 5.30 Å². The van der Waals surface area contributed by atoms with Crippen LogP contribution in [0.25, 0.3) is 0 Å². The average molecular weight is 160 g/mol. The SMILES string of the molecule is O=[PH+]c1ccccc1Cl. The fraction of sp³-hybridized carbons (Fsp3) is 0. The summed E-state index contributed by atoms with van der Waals surface area (Å²) in [6, 6.07) is 7.09. The van der Waals surface area contributed by atoms with Crippen molar-refractivity contribution >= 4 is 25.4 Å². The lowest BCUT2D eigenvalue weighted by molar-refractivity contribution is 0.603. The Hall–Kier alpha value is -0.390. The summed E-state index contributed by atoms with van der Waals surface area (Å²) in [6.45, 7) is 0. The van der Waals surface area contributed by atoms with Gasteiger partial charge in [-0.25, -0.2) is 0 Å². The van der Waals surface area contributed by atoms with E-state index in [0.717, 1.165) is 0 Å². The smallest absolute Gasteiger partial charge is 0.0794 e. The molecule has 0 spiro atoms. The van der Waals surface area contributed by atoms with Gasteiger partial charge in [-0.05, 0) is 12.1 Å². The third kappa shape index (κ3) is 1.51. The van der Waals surface area contributed by atoms with Gasteiger partial charge < -0.3 is 0 Å². The third-order valence-electron chi connectivity index (χ3n) is 0.984. The van der Waals surface area contributed by atoms with Crippen LogP contribution in [0.5, 0.6) is 0 Å². The molecule has 1 aromatic rings. The van der Waals surface area contributed by atoms with E-state index >= 15 is 0 Å². The number of benzene rings is 1. The summed E-state index contributed by atoms with van der Waals surface area (Å²) in [6.07, 6.45) is 0. The van der Waals surface area contributed by atoms with E-state index < -0.39 is 8.46 Å². The van der Waals surface area contributed by atoms with Crippen molar-refractivity contribution in [3.8, 4) is 0 Å². The van der Waals surface area contributed by atoms with Gasteiger partial charge in [0.2, 0.25) is 5.30 Å². The van der Waals surface area contributed by atoms with Crippen LogP contribution in [0, 0.1) is 0 Å². The molecule has 0 amide bonds. The van der Waals surface area contributed by atoms with Crippen molar-refractivity contribution in [2.45, 2.75) is 0 Å². The minimum absolute atomic E-state index is 0.453. The zero-order valence-electron chi connectivity index (χ0n) is 4.60. The summed E-state index contributed by atoms with van der Waals surface area (Å²) in [5.74, 6) is 0. The Balaban J connectivity index is 3.15. The normalized spacial score (nSPS) is 9.89. The Morgan fingerprint density at radius 3 is 2.44 bits per heavy atom. The van der Waals surface area contributed by atoms with Crippen LogP contribution in [0.1, 0.15) is 0 Å². The molecule has 3 heteroatoms. The lowest BCUT2D eigenvalue weighted by atomic mass is 10.4. The summed E-state index contributed by atoms with van der Waals surface area (Å²) < 4.78 is 10.3. The van der Waals surface area contributed by atoms with Gasteiger partial charge in [-0.1, -0.05) is 28.3 Å².